The molecule has 4 nitrogen and oxygen atoms in total. The third-order valence-corrected chi connectivity index (χ3v) is 3.63. The van der Waals surface area contributed by atoms with Crippen molar-refractivity contribution in [1.82, 2.24) is 0 Å². The number of hydrogen-bond donors (Lipinski definition) is 0. The molecule has 1 aromatic heterocycles. The molecule has 0 aliphatic rings. The van der Waals surface area contributed by atoms with Crippen molar-refractivity contribution in [1.29, 1.82) is 0 Å². The van der Waals surface area contributed by atoms with Gasteiger partial charge in [-0.3, -0.25) is 4.79 Å². The molecule has 2 rings (SSSR count). The Kier molecular flexibility index (Phi) is 4.42. The molecule has 1 heterocycles. The second-order valence-corrected chi connectivity index (χ2v) is 5.58. The topological polar surface area (TPSA) is 69.6 Å². The van der Waals surface area contributed by atoms with Gasteiger partial charge in [0.25, 0.3) is 5.91 Å². The largest absolute Gasteiger partial charge is 0.543 e. The zero-order valence-corrected chi connectivity index (χ0v) is 11.6. The average Bonchev–Trinajstić information content (AvgIpc) is 2.84. The number of carbonyl (C=O) groups excluding carboxylic acids is 2. The van der Waals surface area contributed by atoms with E-state index in [0.717, 1.165) is 9.75 Å². The summed E-state index contributed by atoms with van der Waals surface area (Å²) in [6.07, 6.45) is 0.0966. The van der Waals surface area contributed by atoms with Crippen molar-refractivity contribution in [2.45, 2.75) is 13.3 Å². The molecule has 0 N–H and O–H groups in total. The van der Waals surface area contributed by atoms with Crippen LogP contribution in [0.3, 0.4) is 0 Å². The van der Waals surface area contributed by atoms with E-state index in [4.69, 9.17) is 0 Å². The molecule has 5 heteroatoms. The Bertz CT molecular complexity index is 659. The van der Waals surface area contributed by atoms with Crippen LogP contribution < -0.4 is 5.11 Å². The van der Waals surface area contributed by atoms with Gasteiger partial charge in [0.1, 0.15) is 0 Å². The Hall–Kier alpha value is -2.27. The molecule has 20 heavy (non-hydrogen) atoms. The molecule has 2 aromatic rings. The lowest BCUT2D eigenvalue weighted by atomic mass is 10.2. The summed E-state index contributed by atoms with van der Waals surface area (Å²) in [5.41, 5.74) is 0.106. The van der Waals surface area contributed by atoms with Crippen molar-refractivity contribution in [2.75, 3.05) is 0 Å². The molecule has 0 aliphatic heterocycles. The third kappa shape index (κ3) is 3.61. The number of benzene rings is 1. The molecule has 0 atom stereocenters. The van der Waals surface area contributed by atoms with Crippen LogP contribution in [0.4, 0.5) is 0 Å². The molecular weight excluding hydrogens is 274 g/mol. The minimum Gasteiger partial charge on any atom is -0.543 e. The van der Waals surface area contributed by atoms with Crippen molar-refractivity contribution in [3.05, 3.63) is 57.8 Å². The molecular formula is C15H12NO3S-. The highest BCUT2D eigenvalue weighted by Crippen LogP contribution is 2.16. The van der Waals surface area contributed by atoms with E-state index in [1.165, 1.54) is 11.3 Å². The molecule has 102 valence electrons. The van der Waals surface area contributed by atoms with Crippen LogP contribution in [0.2, 0.25) is 0 Å². The van der Waals surface area contributed by atoms with Gasteiger partial charge in [0, 0.05) is 21.7 Å². The van der Waals surface area contributed by atoms with Crippen LogP contribution in [-0.4, -0.2) is 17.6 Å². The summed E-state index contributed by atoms with van der Waals surface area (Å²) in [4.78, 5) is 28.6. The quantitative estimate of drug-likeness (QED) is 0.802. The molecule has 0 bridgehead atoms. The van der Waals surface area contributed by atoms with Crippen LogP contribution in [0, 0.1) is 6.92 Å². The van der Waals surface area contributed by atoms with E-state index >= 15 is 0 Å². The molecule has 0 fully saturated rings. The number of hydrogen-bond acceptors (Lipinski definition) is 4. The summed E-state index contributed by atoms with van der Waals surface area (Å²) >= 11 is 1.47. The fourth-order valence-electron chi connectivity index (χ4n) is 1.67. The van der Waals surface area contributed by atoms with Gasteiger partial charge in [0.2, 0.25) is 0 Å². The van der Waals surface area contributed by atoms with E-state index in [1.54, 1.807) is 30.3 Å². The number of carbonyl (C=O) groups is 2. The Balaban J connectivity index is 2.22. The number of carboxylic acid groups (broad SMARTS) is 1. The number of rotatable bonds is 4. The second kappa shape index (κ2) is 6.25. The van der Waals surface area contributed by atoms with Gasteiger partial charge in [-0.05, 0) is 31.2 Å². The minimum atomic E-state index is -1.42. The highest BCUT2D eigenvalue weighted by molar-refractivity contribution is 7.12. The second-order valence-electron chi connectivity index (χ2n) is 4.21. The summed E-state index contributed by atoms with van der Waals surface area (Å²) < 4.78 is 0. The van der Waals surface area contributed by atoms with E-state index in [0.29, 0.717) is 5.56 Å². The summed E-state index contributed by atoms with van der Waals surface area (Å²) in [5, 5.41) is 11.1. The molecule has 0 aliphatic carbocycles. The van der Waals surface area contributed by atoms with Crippen molar-refractivity contribution >= 4 is 28.9 Å². The molecule has 0 saturated heterocycles. The summed E-state index contributed by atoms with van der Waals surface area (Å²) in [6.45, 7) is 1.93. The number of amides is 1. The first-order valence-corrected chi connectivity index (χ1v) is 6.81. The number of aryl methyl sites for hydroxylation is 1. The Morgan fingerprint density at radius 1 is 1.15 bits per heavy atom. The maximum Gasteiger partial charge on any atom is 0.277 e. The minimum absolute atomic E-state index is 0.0966. The summed E-state index contributed by atoms with van der Waals surface area (Å²) in [6, 6.07) is 12.1. The molecule has 1 amide bonds. The van der Waals surface area contributed by atoms with Gasteiger partial charge in [-0.2, -0.15) is 0 Å². The predicted molar refractivity (Wildman–Crippen MR) is 76.0 cm³/mol. The van der Waals surface area contributed by atoms with Gasteiger partial charge < -0.3 is 9.90 Å². The first kappa shape index (κ1) is 14.1. The van der Waals surface area contributed by atoms with Crippen molar-refractivity contribution in [3.8, 4) is 0 Å². The standard InChI is InChI=1S/C15H13NO3S/c1-10-7-8-12(20-10)9-13(15(18)19)16-14(17)11-5-3-2-4-6-11/h2-8H,9H2,1H3,(H,18,19)/p-1. The first-order chi connectivity index (χ1) is 9.56. The zero-order chi connectivity index (χ0) is 14.5. The van der Waals surface area contributed by atoms with Crippen LogP contribution in [-0.2, 0) is 11.2 Å². The maximum atomic E-state index is 11.9. The Morgan fingerprint density at radius 2 is 1.85 bits per heavy atom. The number of thiophene rings is 1. The molecule has 0 saturated carbocycles. The van der Waals surface area contributed by atoms with Crippen LogP contribution in [0.15, 0.2) is 47.5 Å². The van der Waals surface area contributed by atoms with E-state index in [-0.39, 0.29) is 12.1 Å². The normalized spacial score (nSPS) is 11.3. The lowest BCUT2D eigenvalue weighted by Gasteiger charge is -2.05. The van der Waals surface area contributed by atoms with E-state index in [2.05, 4.69) is 4.99 Å². The maximum absolute atomic E-state index is 11.9. The monoisotopic (exact) mass is 286 g/mol. The van der Waals surface area contributed by atoms with Gasteiger partial charge in [-0.15, -0.1) is 11.3 Å². The van der Waals surface area contributed by atoms with E-state index in [9.17, 15) is 14.7 Å². The number of aliphatic carboxylic acids is 1. The van der Waals surface area contributed by atoms with Crippen molar-refractivity contribution < 1.29 is 14.7 Å². The van der Waals surface area contributed by atoms with Crippen molar-refractivity contribution in [2.24, 2.45) is 4.99 Å². The zero-order valence-electron chi connectivity index (χ0n) is 10.8. The van der Waals surface area contributed by atoms with Crippen LogP contribution in [0.5, 0.6) is 0 Å². The predicted octanol–water partition coefficient (Wildman–Crippen LogP) is 1.63. The van der Waals surface area contributed by atoms with Crippen LogP contribution >= 0.6 is 11.3 Å². The lowest BCUT2D eigenvalue weighted by molar-refractivity contribution is -0.294. The van der Waals surface area contributed by atoms with Gasteiger partial charge >= 0.3 is 0 Å². The van der Waals surface area contributed by atoms with Crippen molar-refractivity contribution in [3.63, 3.8) is 0 Å². The Labute approximate surface area is 120 Å². The smallest absolute Gasteiger partial charge is 0.277 e. The first-order valence-electron chi connectivity index (χ1n) is 6.00. The lowest BCUT2D eigenvalue weighted by Crippen LogP contribution is -2.33. The number of carboxylic acids is 1. The molecule has 0 unspecified atom stereocenters. The fraction of sp³-hybridized carbons (Fsp3) is 0.133. The highest BCUT2D eigenvalue weighted by atomic mass is 32.1. The molecule has 0 radical (unpaired) electrons. The van der Waals surface area contributed by atoms with Gasteiger partial charge in [-0.25, -0.2) is 4.99 Å². The van der Waals surface area contributed by atoms with Gasteiger partial charge in [-0.1, -0.05) is 18.2 Å². The Morgan fingerprint density at radius 3 is 2.40 bits per heavy atom. The summed E-state index contributed by atoms with van der Waals surface area (Å²) in [7, 11) is 0. The SMILES string of the molecule is Cc1ccc(CC(=NC(=O)c2ccccc2)C(=O)[O-])s1. The van der Waals surface area contributed by atoms with Gasteiger partial charge in [0.05, 0.1) is 11.7 Å². The van der Waals surface area contributed by atoms with Crippen LogP contribution in [0.1, 0.15) is 20.1 Å². The van der Waals surface area contributed by atoms with Gasteiger partial charge in [0.15, 0.2) is 0 Å². The van der Waals surface area contributed by atoms with E-state index in [1.807, 2.05) is 19.1 Å². The highest BCUT2D eigenvalue weighted by Gasteiger charge is 2.09. The van der Waals surface area contributed by atoms with E-state index < -0.39 is 11.9 Å². The fourth-order valence-corrected chi connectivity index (χ4v) is 2.56. The molecule has 1 aromatic carbocycles. The molecule has 0 spiro atoms. The third-order valence-electron chi connectivity index (χ3n) is 2.63. The van der Waals surface area contributed by atoms with Crippen LogP contribution in [0.25, 0.3) is 0 Å². The number of aliphatic imine (C=N–C) groups is 1. The summed E-state index contributed by atoms with van der Waals surface area (Å²) in [5.74, 6) is -1.99. The number of nitrogens with zero attached hydrogens (tertiary/aromatic N) is 1. The average molecular weight is 286 g/mol.